The third kappa shape index (κ3) is 4.52. The van der Waals surface area contributed by atoms with Crippen LogP contribution in [0.15, 0.2) is 0 Å². The van der Waals surface area contributed by atoms with Gasteiger partial charge in [0.2, 0.25) is 5.91 Å². The summed E-state index contributed by atoms with van der Waals surface area (Å²) in [5, 5.41) is 11.2. The van der Waals surface area contributed by atoms with Gasteiger partial charge in [0.25, 0.3) is 0 Å². The van der Waals surface area contributed by atoms with E-state index in [1.165, 1.54) is 0 Å². The summed E-state index contributed by atoms with van der Waals surface area (Å²) in [4.78, 5) is 25.0. The first-order chi connectivity index (χ1) is 8.33. The van der Waals surface area contributed by atoms with Crippen LogP contribution in [0.25, 0.3) is 0 Å². The summed E-state index contributed by atoms with van der Waals surface area (Å²) in [6.07, 6.45) is 0.260. The molecule has 1 unspecified atom stereocenters. The third-order valence-corrected chi connectivity index (χ3v) is 2.62. The van der Waals surface area contributed by atoms with Gasteiger partial charge >= 0.3 is 6.09 Å². The molecule has 0 bridgehead atoms. The Hall–Kier alpha value is -1.30. The van der Waals surface area contributed by atoms with Crippen molar-refractivity contribution in [1.82, 2.24) is 10.2 Å². The number of carbonyl (C=O) groups excluding carboxylic acids is 2. The molecule has 1 saturated heterocycles. The van der Waals surface area contributed by atoms with E-state index in [9.17, 15) is 9.59 Å². The lowest BCUT2D eigenvalue weighted by Crippen LogP contribution is -2.38. The summed E-state index contributed by atoms with van der Waals surface area (Å²) in [5.41, 5.74) is -0.520. The molecule has 6 nitrogen and oxygen atoms in total. The topological polar surface area (TPSA) is 78.9 Å². The second-order valence-corrected chi connectivity index (χ2v) is 5.43. The molecule has 0 aliphatic carbocycles. The van der Waals surface area contributed by atoms with Crippen LogP contribution < -0.4 is 5.32 Å². The summed E-state index contributed by atoms with van der Waals surface area (Å²) in [6.45, 7) is 6.53. The lowest BCUT2D eigenvalue weighted by molar-refractivity contribution is -0.124. The van der Waals surface area contributed by atoms with Crippen LogP contribution in [0.1, 0.15) is 27.2 Å². The zero-order valence-electron chi connectivity index (χ0n) is 11.2. The number of carbonyl (C=O) groups is 2. The lowest BCUT2D eigenvalue weighted by Gasteiger charge is -2.24. The summed E-state index contributed by atoms with van der Waals surface area (Å²) >= 11 is 0. The Bertz CT molecular complexity index is 312. The minimum absolute atomic E-state index is 0.0752. The molecule has 0 aromatic heterocycles. The summed E-state index contributed by atoms with van der Waals surface area (Å²) < 4.78 is 5.25. The van der Waals surface area contributed by atoms with Crippen molar-refractivity contribution < 1.29 is 19.4 Å². The zero-order chi connectivity index (χ0) is 13.8. The highest BCUT2D eigenvalue weighted by atomic mass is 16.6. The first-order valence-corrected chi connectivity index (χ1v) is 6.20. The molecule has 0 saturated carbocycles. The Morgan fingerprint density at radius 1 is 1.44 bits per heavy atom. The van der Waals surface area contributed by atoms with Crippen molar-refractivity contribution in [1.29, 1.82) is 0 Å². The Morgan fingerprint density at radius 3 is 2.67 bits per heavy atom. The molecule has 1 fully saturated rings. The van der Waals surface area contributed by atoms with Gasteiger partial charge in [0.1, 0.15) is 5.60 Å². The fraction of sp³-hybridized carbons (Fsp3) is 0.833. The molecule has 1 atom stereocenters. The van der Waals surface area contributed by atoms with Crippen molar-refractivity contribution in [3.8, 4) is 0 Å². The molecular weight excluding hydrogens is 236 g/mol. The van der Waals surface area contributed by atoms with Crippen LogP contribution >= 0.6 is 0 Å². The molecule has 0 aromatic carbocycles. The summed E-state index contributed by atoms with van der Waals surface area (Å²) in [6, 6.07) is 0. The van der Waals surface area contributed by atoms with E-state index in [-0.39, 0.29) is 31.1 Å². The third-order valence-electron chi connectivity index (χ3n) is 2.62. The van der Waals surface area contributed by atoms with Crippen molar-refractivity contribution in [2.75, 3.05) is 26.2 Å². The van der Waals surface area contributed by atoms with Crippen molar-refractivity contribution in [2.45, 2.75) is 32.8 Å². The first kappa shape index (κ1) is 14.8. The number of aliphatic hydroxyl groups excluding tert-OH is 1. The second-order valence-electron chi connectivity index (χ2n) is 5.43. The van der Waals surface area contributed by atoms with Crippen LogP contribution in [0.4, 0.5) is 4.79 Å². The smallest absolute Gasteiger partial charge is 0.410 e. The Morgan fingerprint density at radius 2 is 2.11 bits per heavy atom. The average Bonchev–Trinajstić information content (AvgIpc) is 2.72. The number of ether oxygens (including phenoxy) is 1. The highest BCUT2D eigenvalue weighted by Gasteiger charge is 2.33. The van der Waals surface area contributed by atoms with Gasteiger partial charge < -0.3 is 20.1 Å². The van der Waals surface area contributed by atoms with Crippen molar-refractivity contribution >= 4 is 12.0 Å². The van der Waals surface area contributed by atoms with E-state index in [4.69, 9.17) is 9.84 Å². The number of rotatable bonds is 3. The molecule has 0 spiro atoms. The highest BCUT2D eigenvalue weighted by Crippen LogP contribution is 2.19. The van der Waals surface area contributed by atoms with E-state index in [0.717, 1.165) is 0 Å². The van der Waals surface area contributed by atoms with Crippen LogP contribution in [0.2, 0.25) is 0 Å². The second kappa shape index (κ2) is 6.04. The van der Waals surface area contributed by atoms with Gasteiger partial charge in [-0.1, -0.05) is 0 Å². The molecule has 6 heteroatoms. The van der Waals surface area contributed by atoms with Gasteiger partial charge in [0.15, 0.2) is 0 Å². The minimum atomic E-state index is -0.520. The molecular formula is C12H22N2O4. The van der Waals surface area contributed by atoms with Gasteiger partial charge in [-0.05, 0) is 27.2 Å². The molecule has 104 valence electrons. The molecule has 18 heavy (non-hydrogen) atoms. The van der Waals surface area contributed by atoms with Crippen molar-refractivity contribution in [2.24, 2.45) is 5.92 Å². The van der Waals surface area contributed by atoms with Gasteiger partial charge in [-0.2, -0.15) is 0 Å². The fourth-order valence-electron chi connectivity index (χ4n) is 1.79. The largest absolute Gasteiger partial charge is 0.444 e. The molecule has 1 aliphatic heterocycles. The number of hydrogen-bond donors (Lipinski definition) is 2. The number of amides is 2. The molecule has 0 aromatic rings. The monoisotopic (exact) mass is 258 g/mol. The quantitative estimate of drug-likeness (QED) is 0.765. The van der Waals surface area contributed by atoms with E-state index in [2.05, 4.69) is 5.32 Å². The predicted octanol–water partition coefficient (Wildman–Crippen LogP) is 0.352. The number of hydrogen-bond acceptors (Lipinski definition) is 4. The first-order valence-electron chi connectivity index (χ1n) is 6.20. The summed E-state index contributed by atoms with van der Waals surface area (Å²) in [5.74, 6) is -0.320. The molecule has 2 amide bonds. The van der Waals surface area contributed by atoms with E-state index in [0.29, 0.717) is 19.5 Å². The normalized spacial score (nSPS) is 19.8. The molecule has 2 N–H and O–H groups in total. The van der Waals surface area contributed by atoms with Crippen LogP contribution in [-0.4, -0.2) is 53.8 Å². The maximum atomic E-state index is 11.8. The van der Waals surface area contributed by atoms with Gasteiger partial charge in [-0.3, -0.25) is 4.79 Å². The highest BCUT2D eigenvalue weighted by molar-refractivity contribution is 5.80. The SMILES string of the molecule is CC(C)(C)OC(=O)N1CCC(C(=O)NCCO)C1. The zero-order valence-corrected chi connectivity index (χ0v) is 11.2. The van der Waals surface area contributed by atoms with E-state index < -0.39 is 5.60 Å². The maximum absolute atomic E-state index is 11.8. The molecule has 0 radical (unpaired) electrons. The standard InChI is InChI=1S/C12H22N2O4/c1-12(2,3)18-11(17)14-6-4-9(8-14)10(16)13-5-7-15/h9,15H,4-8H2,1-3H3,(H,13,16). The number of nitrogens with one attached hydrogen (secondary N) is 1. The van der Waals surface area contributed by atoms with Crippen LogP contribution in [0, 0.1) is 5.92 Å². The fourth-order valence-corrected chi connectivity index (χ4v) is 1.79. The molecule has 1 rings (SSSR count). The average molecular weight is 258 g/mol. The maximum Gasteiger partial charge on any atom is 0.410 e. The van der Waals surface area contributed by atoms with Crippen molar-refractivity contribution in [3.63, 3.8) is 0 Å². The van der Waals surface area contributed by atoms with Crippen LogP contribution in [0.3, 0.4) is 0 Å². The Labute approximate surface area is 107 Å². The van der Waals surface area contributed by atoms with Gasteiger partial charge in [0, 0.05) is 19.6 Å². The van der Waals surface area contributed by atoms with Gasteiger partial charge in [0.05, 0.1) is 12.5 Å². The number of aliphatic hydroxyl groups is 1. The number of nitrogens with zero attached hydrogens (tertiary/aromatic N) is 1. The predicted molar refractivity (Wildman–Crippen MR) is 66.0 cm³/mol. The number of likely N-dealkylation sites (tertiary alicyclic amines) is 1. The van der Waals surface area contributed by atoms with E-state index >= 15 is 0 Å². The van der Waals surface area contributed by atoms with Gasteiger partial charge in [-0.25, -0.2) is 4.79 Å². The Balaban J connectivity index is 2.41. The van der Waals surface area contributed by atoms with Gasteiger partial charge in [-0.15, -0.1) is 0 Å². The molecule has 1 heterocycles. The minimum Gasteiger partial charge on any atom is -0.444 e. The lowest BCUT2D eigenvalue weighted by atomic mass is 10.1. The molecule has 1 aliphatic rings. The Kier molecular flexibility index (Phi) is 4.95. The summed E-state index contributed by atoms with van der Waals surface area (Å²) in [7, 11) is 0. The van der Waals surface area contributed by atoms with E-state index in [1.807, 2.05) is 20.8 Å². The van der Waals surface area contributed by atoms with E-state index in [1.54, 1.807) is 4.90 Å². The van der Waals surface area contributed by atoms with Crippen molar-refractivity contribution in [3.05, 3.63) is 0 Å². The van der Waals surface area contributed by atoms with Crippen LogP contribution in [-0.2, 0) is 9.53 Å². The van der Waals surface area contributed by atoms with Crippen LogP contribution in [0.5, 0.6) is 0 Å².